The third kappa shape index (κ3) is 1.48. The summed E-state index contributed by atoms with van der Waals surface area (Å²) in [4.78, 5) is 9.13. The molecule has 0 spiro atoms. The minimum atomic E-state index is 1.01. The molecule has 2 heteroatoms. The first kappa shape index (κ1) is 10.2. The van der Waals surface area contributed by atoms with E-state index in [-0.39, 0.29) is 0 Å². The van der Waals surface area contributed by atoms with Crippen LogP contribution in [-0.2, 0) is 0 Å². The number of rotatable bonds is 0. The average Bonchev–Trinajstić information content (AvgIpc) is 2.29. The molecular weight excluding hydrogens is 208 g/mol. The summed E-state index contributed by atoms with van der Waals surface area (Å²) in [5, 5.41) is 2.39. The normalized spacial score (nSPS) is 11.2. The summed E-state index contributed by atoms with van der Waals surface area (Å²) >= 11 is 0. The van der Waals surface area contributed by atoms with Gasteiger partial charge in [-0.05, 0) is 44.0 Å². The summed E-state index contributed by atoms with van der Waals surface area (Å²) in [6, 6.07) is 8.44. The Morgan fingerprint density at radius 3 is 2.29 bits per heavy atom. The van der Waals surface area contributed by atoms with Crippen LogP contribution in [-0.4, -0.2) is 9.97 Å². The van der Waals surface area contributed by atoms with Gasteiger partial charge in [0.2, 0.25) is 0 Å². The minimum Gasteiger partial charge on any atom is -0.254 e. The predicted octanol–water partition coefficient (Wildman–Crippen LogP) is 3.71. The van der Waals surface area contributed by atoms with Crippen LogP contribution in [0.4, 0.5) is 0 Å². The lowest BCUT2D eigenvalue weighted by molar-refractivity contribution is 1.23. The van der Waals surface area contributed by atoms with Crippen LogP contribution in [0.3, 0.4) is 0 Å². The molecule has 2 nitrogen and oxygen atoms in total. The fourth-order valence-electron chi connectivity index (χ4n) is 2.37. The molecule has 0 amide bonds. The molecule has 0 N–H and O–H groups in total. The Hall–Kier alpha value is -1.96. The third-order valence-corrected chi connectivity index (χ3v) is 3.24. The molecule has 2 aromatic heterocycles. The zero-order chi connectivity index (χ0) is 12.0. The Bertz CT molecular complexity index is 730. The Morgan fingerprint density at radius 1 is 0.824 bits per heavy atom. The smallest absolute Gasteiger partial charge is 0.0970 e. The highest BCUT2D eigenvalue weighted by atomic mass is 14.7. The summed E-state index contributed by atoms with van der Waals surface area (Å²) in [6.45, 7) is 6.26. The molecule has 3 aromatic rings. The van der Waals surface area contributed by atoms with Gasteiger partial charge in [0.05, 0.1) is 11.0 Å². The van der Waals surface area contributed by atoms with Crippen LogP contribution in [0.15, 0.2) is 30.5 Å². The monoisotopic (exact) mass is 222 g/mol. The standard InChI is InChI=1S/C15H14N2/c1-9-6-7-16-14-12(9)4-5-13-10(2)8-11(3)17-15(13)14/h4-8H,1-3H3. The topological polar surface area (TPSA) is 25.8 Å². The second-order valence-electron chi connectivity index (χ2n) is 4.57. The van der Waals surface area contributed by atoms with E-state index in [9.17, 15) is 0 Å². The predicted molar refractivity (Wildman–Crippen MR) is 71.3 cm³/mol. The van der Waals surface area contributed by atoms with E-state index in [1.807, 2.05) is 19.2 Å². The summed E-state index contributed by atoms with van der Waals surface area (Å²) in [6.07, 6.45) is 1.86. The first-order valence-electron chi connectivity index (χ1n) is 5.79. The molecule has 2 heterocycles. The number of hydrogen-bond acceptors (Lipinski definition) is 2. The lowest BCUT2D eigenvalue weighted by Crippen LogP contribution is -1.91. The number of hydrogen-bond donors (Lipinski definition) is 0. The zero-order valence-corrected chi connectivity index (χ0v) is 10.3. The number of fused-ring (bicyclic) bond motifs is 3. The molecule has 0 bridgehead atoms. The molecular formula is C15H14N2. The van der Waals surface area contributed by atoms with Crippen molar-refractivity contribution in [3.8, 4) is 0 Å². The van der Waals surface area contributed by atoms with Gasteiger partial charge in [0.25, 0.3) is 0 Å². The van der Waals surface area contributed by atoms with E-state index in [2.05, 4.69) is 42.0 Å². The van der Waals surface area contributed by atoms with Crippen molar-refractivity contribution in [1.29, 1.82) is 0 Å². The molecule has 0 aliphatic heterocycles. The SMILES string of the molecule is Cc1cc(C)c2ccc3c(C)ccnc3c2n1. The maximum atomic E-state index is 4.64. The fraction of sp³-hybridized carbons (Fsp3) is 0.200. The van der Waals surface area contributed by atoms with Gasteiger partial charge in [-0.3, -0.25) is 9.97 Å². The van der Waals surface area contributed by atoms with Gasteiger partial charge in [-0.2, -0.15) is 0 Å². The highest BCUT2D eigenvalue weighted by molar-refractivity contribution is 6.04. The van der Waals surface area contributed by atoms with E-state index in [0.717, 1.165) is 16.7 Å². The molecule has 1 aromatic carbocycles. The summed E-state index contributed by atoms with van der Waals surface area (Å²) < 4.78 is 0. The lowest BCUT2D eigenvalue weighted by Gasteiger charge is -2.07. The molecule has 0 atom stereocenters. The molecule has 0 unspecified atom stereocenters. The Balaban J connectivity index is 2.60. The van der Waals surface area contributed by atoms with E-state index < -0.39 is 0 Å². The summed E-state index contributed by atoms with van der Waals surface area (Å²) in [7, 11) is 0. The van der Waals surface area contributed by atoms with E-state index in [4.69, 9.17) is 0 Å². The van der Waals surface area contributed by atoms with E-state index >= 15 is 0 Å². The second kappa shape index (κ2) is 3.52. The van der Waals surface area contributed by atoms with Crippen LogP contribution < -0.4 is 0 Å². The molecule has 0 radical (unpaired) electrons. The third-order valence-electron chi connectivity index (χ3n) is 3.24. The number of pyridine rings is 2. The maximum Gasteiger partial charge on any atom is 0.0970 e. The van der Waals surface area contributed by atoms with Gasteiger partial charge in [0.1, 0.15) is 0 Å². The van der Waals surface area contributed by atoms with Crippen molar-refractivity contribution in [2.75, 3.05) is 0 Å². The van der Waals surface area contributed by atoms with Gasteiger partial charge in [-0.15, -0.1) is 0 Å². The van der Waals surface area contributed by atoms with Crippen molar-refractivity contribution in [3.63, 3.8) is 0 Å². The van der Waals surface area contributed by atoms with Crippen LogP contribution >= 0.6 is 0 Å². The van der Waals surface area contributed by atoms with Gasteiger partial charge in [-0.1, -0.05) is 12.1 Å². The van der Waals surface area contributed by atoms with Gasteiger partial charge in [0, 0.05) is 22.7 Å². The van der Waals surface area contributed by atoms with Gasteiger partial charge in [0.15, 0.2) is 0 Å². The Labute approximate surface area is 100 Å². The van der Waals surface area contributed by atoms with Gasteiger partial charge in [-0.25, -0.2) is 0 Å². The molecule has 0 saturated heterocycles. The van der Waals surface area contributed by atoms with Crippen LogP contribution in [0, 0.1) is 20.8 Å². The van der Waals surface area contributed by atoms with Gasteiger partial charge < -0.3 is 0 Å². The minimum absolute atomic E-state index is 1.01. The second-order valence-corrected chi connectivity index (χ2v) is 4.57. The molecule has 0 aliphatic carbocycles. The molecule has 0 aliphatic rings. The molecule has 17 heavy (non-hydrogen) atoms. The molecule has 3 rings (SSSR count). The van der Waals surface area contributed by atoms with Crippen molar-refractivity contribution >= 4 is 21.8 Å². The number of aromatic nitrogens is 2. The molecule has 0 saturated carbocycles. The van der Waals surface area contributed by atoms with Crippen molar-refractivity contribution < 1.29 is 0 Å². The van der Waals surface area contributed by atoms with Crippen LogP contribution in [0.2, 0.25) is 0 Å². The number of aryl methyl sites for hydroxylation is 3. The lowest BCUT2D eigenvalue weighted by atomic mass is 10.0. The Kier molecular flexibility index (Phi) is 2.11. The molecule has 84 valence electrons. The first-order valence-corrected chi connectivity index (χ1v) is 5.79. The highest BCUT2D eigenvalue weighted by Crippen LogP contribution is 2.26. The van der Waals surface area contributed by atoms with Crippen LogP contribution in [0.25, 0.3) is 21.8 Å². The van der Waals surface area contributed by atoms with Crippen molar-refractivity contribution in [2.45, 2.75) is 20.8 Å². The summed E-state index contributed by atoms with van der Waals surface area (Å²) in [5.41, 5.74) is 5.58. The largest absolute Gasteiger partial charge is 0.254 e. The quantitative estimate of drug-likeness (QED) is 0.542. The van der Waals surface area contributed by atoms with Crippen LogP contribution in [0.5, 0.6) is 0 Å². The van der Waals surface area contributed by atoms with Crippen molar-refractivity contribution in [2.24, 2.45) is 0 Å². The maximum absolute atomic E-state index is 4.64. The van der Waals surface area contributed by atoms with Crippen molar-refractivity contribution in [1.82, 2.24) is 9.97 Å². The highest BCUT2D eigenvalue weighted by Gasteiger charge is 2.07. The molecule has 0 fully saturated rings. The fourth-order valence-corrected chi connectivity index (χ4v) is 2.37. The number of nitrogens with zero attached hydrogens (tertiary/aromatic N) is 2. The van der Waals surface area contributed by atoms with E-state index in [0.29, 0.717) is 0 Å². The van der Waals surface area contributed by atoms with E-state index in [1.54, 1.807) is 0 Å². The van der Waals surface area contributed by atoms with Crippen molar-refractivity contribution in [3.05, 3.63) is 47.3 Å². The zero-order valence-electron chi connectivity index (χ0n) is 10.3. The average molecular weight is 222 g/mol. The number of benzene rings is 1. The van der Waals surface area contributed by atoms with Gasteiger partial charge >= 0.3 is 0 Å². The van der Waals surface area contributed by atoms with E-state index in [1.165, 1.54) is 21.9 Å². The Morgan fingerprint density at radius 2 is 1.53 bits per heavy atom. The van der Waals surface area contributed by atoms with Crippen LogP contribution in [0.1, 0.15) is 16.8 Å². The summed E-state index contributed by atoms with van der Waals surface area (Å²) in [5.74, 6) is 0. The first-order chi connectivity index (χ1) is 8.16.